The predicted octanol–water partition coefficient (Wildman–Crippen LogP) is 2.62. The van der Waals surface area contributed by atoms with Crippen molar-refractivity contribution in [1.82, 2.24) is 0 Å². The number of carbonyl (C=O) groups excluding carboxylic acids is 1. The van der Waals surface area contributed by atoms with Gasteiger partial charge >= 0.3 is 5.76 Å². The van der Waals surface area contributed by atoms with Crippen molar-refractivity contribution in [2.45, 2.75) is 10.7 Å². The Bertz CT molecular complexity index is 1060. The van der Waals surface area contributed by atoms with Crippen LogP contribution in [0.3, 0.4) is 0 Å². The molecule has 0 aromatic heterocycles. The van der Waals surface area contributed by atoms with Gasteiger partial charge in [-0.1, -0.05) is 12.0 Å². The molecule has 2 aromatic carbocycles. The highest BCUT2D eigenvalue weighted by Crippen LogP contribution is 2.29. The lowest BCUT2D eigenvalue weighted by atomic mass is 10.2. The minimum Gasteiger partial charge on any atom is -0.371 e. The molecule has 0 unspecified atom stereocenters. The van der Waals surface area contributed by atoms with Gasteiger partial charge < -0.3 is 10.6 Å². The zero-order chi connectivity index (χ0) is 20.9. The number of benzene rings is 2. The number of nitro groups is 1. The Morgan fingerprint density at radius 2 is 1.96 bits per heavy atom. The smallest absolute Gasteiger partial charge is 0.341 e. The third-order valence-electron chi connectivity index (χ3n) is 3.48. The summed E-state index contributed by atoms with van der Waals surface area (Å²) in [7, 11) is -4.99. The van der Waals surface area contributed by atoms with Gasteiger partial charge in [-0.05, 0) is 30.3 Å². The van der Waals surface area contributed by atoms with Crippen LogP contribution in [0.4, 0.5) is 25.8 Å². The van der Waals surface area contributed by atoms with Gasteiger partial charge in [0, 0.05) is 17.3 Å². The van der Waals surface area contributed by atoms with Crippen LogP contribution in [0, 0.1) is 22.5 Å². The Kier molecular flexibility index (Phi) is 6.27. The molecule has 1 amide bonds. The van der Waals surface area contributed by atoms with E-state index in [1.54, 1.807) is 24.3 Å². The maximum Gasteiger partial charge on any atom is 0.341 e. The first-order valence-electron chi connectivity index (χ1n) is 7.56. The molecule has 2 aromatic rings. The van der Waals surface area contributed by atoms with E-state index >= 15 is 0 Å². The molecular weight excluding hydrogens is 396 g/mol. The fraction of sp³-hybridized carbons (Fsp3) is 0.118. The number of alkyl halides is 2. The van der Waals surface area contributed by atoms with Gasteiger partial charge in [0.1, 0.15) is 5.69 Å². The van der Waals surface area contributed by atoms with Crippen molar-refractivity contribution in [3.05, 3.63) is 58.1 Å². The Balaban J connectivity index is 2.16. The van der Waals surface area contributed by atoms with E-state index in [0.29, 0.717) is 17.3 Å². The highest BCUT2D eigenvalue weighted by atomic mass is 32.2. The van der Waals surface area contributed by atoms with Gasteiger partial charge in [0.25, 0.3) is 5.69 Å². The Hall–Kier alpha value is -3.52. The molecule has 2 N–H and O–H groups in total. The molecule has 0 radical (unpaired) electrons. The van der Waals surface area contributed by atoms with Gasteiger partial charge in [0.2, 0.25) is 15.7 Å². The number of halogens is 2. The number of carbonyl (C=O) groups is 1. The molecule has 0 atom stereocenters. The van der Waals surface area contributed by atoms with Crippen molar-refractivity contribution < 1.29 is 26.9 Å². The third-order valence-corrected chi connectivity index (χ3v) is 4.86. The van der Waals surface area contributed by atoms with Gasteiger partial charge in [0.05, 0.1) is 16.4 Å². The van der Waals surface area contributed by atoms with E-state index in [4.69, 9.17) is 6.42 Å². The van der Waals surface area contributed by atoms with Gasteiger partial charge in [-0.2, -0.15) is 8.78 Å². The van der Waals surface area contributed by atoms with Crippen molar-refractivity contribution in [3.63, 3.8) is 0 Å². The lowest BCUT2D eigenvalue weighted by molar-refractivity contribution is -0.384. The average Bonchev–Trinajstić information content (AvgIpc) is 2.66. The second kappa shape index (κ2) is 8.45. The van der Waals surface area contributed by atoms with Gasteiger partial charge in [-0.3, -0.25) is 14.9 Å². The van der Waals surface area contributed by atoms with Gasteiger partial charge in [0.15, 0.2) is 0 Å². The summed E-state index contributed by atoms with van der Waals surface area (Å²) in [4.78, 5) is 21.3. The first kappa shape index (κ1) is 20.8. The second-order valence-corrected chi connectivity index (χ2v) is 7.29. The van der Waals surface area contributed by atoms with Crippen molar-refractivity contribution in [2.24, 2.45) is 0 Å². The SMILES string of the molecule is C#Cc1cccc(NC(=O)CNc2ccc(S(=O)(=O)C(F)F)cc2[N+](=O)[O-])c1. The van der Waals surface area contributed by atoms with Crippen molar-refractivity contribution in [3.8, 4) is 12.3 Å². The molecule has 0 aliphatic heterocycles. The summed E-state index contributed by atoms with van der Waals surface area (Å²) in [5, 5.41) is 16.1. The number of sulfone groups is 1. The molecule has 0 spiro atoms. The molecule has 0 bridgehead atoms. The van der Waals surface area contributed by atoms with Crippen LogP contribution in [0.15, 0.2) is 47.4 Å². The molecule has 0 heterocycles. The van der Waals surface area contributed by atoms with E-state index in [1.807, 2.05) is 0 Å². The van der Waals surface area contributed by atoms with Crippen LogP contribution in [-0.4, -0.2) is 31.6 Å². The van der Waals surface area contributed by atoms with Crippen LogP contribution in [0.5, 0.6) is 0 Å². The van der Waals surface area contributed by atoms with Gasteiger partial charge in [-0.15, -0.1) is 6.42 Å². The monoisotopic (exact) mass is 409 g/mol. The summed E-state index contributed by atoms with van der Waals surface area (Å²) in [6, 6.07) is 8.68. The van der Waals surface area contributed by atoms with Crippen LogP contribution in [-0.2, 0) is 14.6 Å². The Morgan fingerprint density at radius 3 is 2.57 bits per heavy atom. The van der Waals surface area contributed by atoms with Crippen LogP contribution >= 0.6 is 0 Å². The maximum atomic E-state index is 12.6. The first-order valence-corrected chi connectivity index (χ1v) is 9.10. The standard InChI is InChI=1S/C17H13F2N3O5S/c1-2-11-4-3-5-12(8-11)21-16(23)10-20-14-7-6-13(9-15(14)22(24)25)28(26,27)17(18)19/h1,3-9,17,20H,10H2,(H,21,23). The normalized spacial score (nSPS) is 10.9. The number of amides is 1. The zero-order valence-electron chi connectivity index (χ0n) is 14.1. The summed E-state index contributed by atoms with van der Waals surface area (Å²) >= 11 is 0. The first-order chi connectivity index (χ1) is 13.1. The number of nitrogens with one attached hydrogen (secondary N) is 2. The topological polar surface area (TPSA) is 118 Å². The molecular formula is C17H13F2N3O5S. The van der Waals surface area contributed by atoms with Crippen LogP contribution in [0.1, 0.15) is 5.56 Å². The molecule has 0 fully saturated rings. The number of nitrogens with zero attached hydrogens (tertiary/aromatic N) is 1. The van der Waals surface area contributed by atoms with E-state index in [2.05, 4.69) is 16.6 Å². The summed E-state index contributed by atoms with van der Waals surface area (Å²) in [5.41, 5.74) is -0.0121. The number of hydrogen-bond donors (Lipinski definition) is 2. The molecule has 146 valence electrons. The number of anilines is 2. The fourth-order valence-corrected chi connectivity index (χ4v) is 2.90. The summed E-state index contributed by atoms with van der Waals surface area (Å²) in [5.74, 6) is -1.88. The Morgan fingerprint density at radius 1 is 1.25 bits per heavy atom. The van der Waals surface area contributed by atoms with Crippen LogP contribution in [0.2, 0.25) is 0 Å². The van der Waals surface area contributed by atoms with Gasteiger partial charge in [-0.25, -0.2) is 8.42 Å². The summed E-state index contributed by atoms with van der Waals surface area (Å²) < 4.78 is 48.2. The average molecular weight is 409 g/mol. The highest BCUT2D eigenvalue weighted by molar-refractivity contribution is 7.91. The molecule has 11 heteroatoms. The minimum absolute atomic E-state index is 0.203. The summed E-state index contributed by atoms with van der Waals surface area (Å²) in [6.45, 7) is -0.401. The number of nitro benzene ring substituents is 1. The highest BCUT2D eigenvalue weighted by Gasteiger charge is 2.29. The molecule has 28 heavy (non-hydrogen) atoms. The van der Waals surface area contributed by atoms with Crippen molar-refractivity contribution in [2.75, 3.05) is 17.2 Å². The number of rotatable bonds is 7. The lowest BCUT2D eigenvalue weighted by Crippen LogP contribution is -2.22. The van der Waals surface area contributed by atoms with Crippen LogP contribution < -0.4 is 10.6 Å². The third kappa shape index (κ3) is 4.80. The van der Waals surface area contributed by atoms with E-state index in [1.165, 1.54) is 0 Å². The van der Waals surface area contributed by atoms with E-state index in [0.717, 1.165) is 12.1 Å². The Labute approximate surface area is 158 Å². The van der Waals surface area contributed by atoms with E-state index in [9.17, 15) is 32.1 Å². The second-order valence-electron chi connectivity index (χ2n) is 5.37. The lowest BCUT2D eigenvalue weighted by Gasteiger charge is -2.10. The maximum absolute atomic E-state index is 12.6. The molecule has 0 saturated carbocycles. The largest absolute Gasteiger partial charge is 0.371 e. The predicted molar refractivity (Wildman–Crippen MR) is 97.8 cm³/mol. The zero-order valence-corrected chi connectivity index (χ0v) is 14.9. The quantitative estimate of drug-likeness (QED) is 0.412. The van der Waals surface area contributed by atoms with Crippen molar-refractivity contribution >= 4 is 32.8 Å². The molecule has 2 rings (SSSR count). The molecule has 8 nitrogen and oxygen atoms in total. The number of hydrogen-bond acceptors (Lipinski definition) is 6. The fourth-order valence-electron chi connectivity index (χ4n) is 2.16. The number of terminal acetylenes is 1. The minimum atomic E-state index is -4.99. The van der Waals surface area contributed by atoms with E-state index < -0.39 is 43.6 Å². The molecule has 0 aliphatic carbocycles. The van der Waals surface area contributed by atoms with E-state index in [-0.39, 0.29) is 5.69 Å². The van der Waals surface area contributed by atoms with Crippen molar-refractivity contribution in [1.29, 1.82) is 0 Å². The molecule has 0 aliphatic rings. The van der Waals surface area contributed by atoms with Crippen LogP contribution in [0.25, 0.3) is 0 Å². The summed E-state index contributed by atoms with van der Waals surface area (Å²) in [6.07, 6.45) is 5.26. The molecule has 0 saturated heterocycles.